The van der Waals surface area contributed by atoms with Gasteiger partial charge in [-0.1, -0.05) is 0 Å². The Kier molecular flexibility index (Phi) is 4.67. The molecule has 1 aromatic carbocycles. The van der Waals surface area contributed by atoms with Gasteiger partial charge in [0.15, 0.2) is 16.6 Å². The van der Waals surface area contributed by atoms with Crippen LogP contribution in [0.2, 0.25) is 0 Å². The van der Waals surface area contributed by atoms with Crippen LogP contribution in [0.25, 0.3) is 11.5 Å². The van der Waals surface area contributed by atoms with E-state index in [-0.39, 0.29) is 15.7 Å². The van der Waals surface area contributed by atoms with Crippen LogP contribution < -0.4 is 10.0 Å². The van der Waals surface area contributed by atoms with Gasteiger partial charge in [0.05, 0.1) is 11.2 Å². The number of anilines is 2. The van der Waals surface area contributed by atoms with Crippen LogP contribution in [0.1, 0.15) is 10.5 Å². The van der Waals surface area contributed by atoms with Gasteiger partial charge < -0.3 is 9.73 Å². The van der Waals surface area contributed by atoms with Gasteiger partial charge >= 0.3 is 0 Å². The van der Waals surface area contributed by atoms with Gasteiger partial charge in [-0.3, -0.25) is 14.6 Å². The van der Waals surface area contributed by atoms with E-state index in [1.54, 1.807) is 23.6 Å². The number of benzene rings is 1. The monoisotopic (exact) mass is 415 g/mol. The SMILES string of the molecule is O=C(Nc1ccc(S(=O)(=O)Nc2nccs2)cc1)c1cc(-c2ccco2)[nH]n1. The first-order valence-electron chi connectivity index (χ1n) is 7.94. The number of hydrogen-bond donors (Lipinski definition) is 3. The standard InChI is InChI=1S/C17H13N5O4S2/c23-16(14-10-13(20-21-14)15-2-1-8-26-15)19-11-3-5-12(6-4-11)28(24,25)22-17-18-7-9-27-17/h1-10H,(H,18,22)(H,19,23)(H,20,21). The molecule has 0 aliphatic carbocycles. The van der Waals surface area contributed by atoms with E-state index in [1.807, 2.05) is 0 Å². The third-order valence-electron chi connectivity index (χ3n) is 3.67. The lowest BCUT2D eigenvalue weighted by molar-refractivity contribution is 0.102. The predicted molar refractivity (Wildman–Crippen MR) is 104 cm³/mol. The zero-order valence-electron chi connectivity index (χ0n) is 14.1. The van der Waals surface area contributed by atoms with E-state index in [0.29, 0.717) is 17.1 Å². The summed E-state index contributed by atoms with van der Waals surface area (Å²) in [6.45, 7) is 0. The van der Waals surface area contributed by atoms with Gasteiger partial charge in [-0.05, 0) is 36.4 Å². The average Bonchev–Trinajstić information content (AvgIpc) is 3.43. The second-order valence-electron chi connectivity index (χ2n) is 5.57. The van der Waals surface area contributed by atoms with E-state index in [2.05, 4.69) is 25.2 Å². The molecule has 142 valence electrons. The Morgan fingerprint density at radius 1 is 1.18 bits per heavy atom. The van der Waals surface area contributed by atoms with Gasteiger partial charge in [-0.15, -0.1) is 11.3 Å². The molecule has 0 spiro atoms. The molecule has 0 bridgehead atoms. The van der Waals surface area contributed by atoms with Crippen molar-refractivity contribution in [3.63, 3.8) is 0 Å². The maximum absolute atomic E-state index is 12.3. The number of aromatic nitrogens is 3. The molecule has 0 saturated carbocycles. The molecular formula is C17H13N5O4S2. The summed E-state index contributed by atoms with van der Waals surface area (Å²) in [7, 11) is -3.74. The lowest BCUT2D eigenvalue weighted by atomic mass is 10.2. The normalized spacial score (nSPS) is 11.3. The fraction of sp³-hybridized carbons (Fsp3) is 0. The minimum Gasteiger partial charge on any atom is -0.463 e. The molecule has 11 heteroatoms. The summed E-state index contributed by atoms with van der Waals surface area (Å²) in [4.78, 5) is 16.3. The van der Waals surface area contributed by atoms with Crippen LogP contribution in [0, 0.1) is 0 Å². The maximum atomic E-state index is 12.3. The second-order valence-corrected chi connectivity index (χ2v) is 8.14. The molecule has 4 rings (SSSR count). The zero-order valence-corrected chi connectivity index (χ0v) is 15.8. The van der Waals surface area contributed by atoms with Crippen LogP contribution in [0.15, 0.2) is 69.6 Å². The fourth-order valence-corrected chi connectivity index (χ4v) is 4.15. The number of thiazole rings is 1. The molecule has 1 amide bonds. The summed E-state index contributed by atoms with van der Waals surface area (Å²) < 4.78 is 32.3. The molecule has 3 aromatic heterocycles. The van der Waals surface area contributed by atoms with E-state index in [0.717, 1.165) is 0 Å². The predicted octanol–water partition coefficient (Wildman–Crippen LogP) is 3.18. The number of furan rings is 1. The third-order valence-corrected chi connectivity index (χ3v) is 5.85. The smallest absolute Gasteiger partial charge is 0.276 e. The molecule has 28 heavy (non-hydrogen) atoms. The summed E-state index contributed by atoms with van der Waals surface area (Å²) in [5, 5.41) is 11.3. The van der Waals surface area contributed by atoms with Crippen molar-refractivity contribution in [1.29, 1.82) is 0 Å². The topological polar surface area (TPSA) is 130 Å². The molecule has 0 unspecified atom stereocenters. The van der Waals surface area contributed by atoms with Gasteiger partial charge in [0.25, 0.3) is 15.9 Å². The van der Waals surface area contributed by atoms with Gasteiger partial charge in [-0.2, -0.15) is 5.10 Å². The molecule has 3 heterocycles. The molecular weight excluding hydrogens is 402 g/mol. The Morgan fingerprint density at radius 3 is 2.68 bits per heavy atom. The number of aromatic amines is 1. The fourth-order valence-electron chi connectivity index (χ4n) is 2.36. The third kappa shape index (κ3) is 3.80. The lowest BCUT2D eigenvalue weighted by Crippen LogP contribution is -2.14. The summed E-state index contributed by atoms with van der Waals surface area (Å²) in [6.07, 6.45) is 3.03. The summed E-state index contributed by atoms with van der Waals surface area (Å²) in [6, 6.07) is 10.8. The van der Waals surface area contributed by atoms with E-state index in [4.69, 9.17) is 4.42 Å². The van der Waals surface area contributed by atoms with Crippen molar-refractivity contribution in [3.05, 3.63) is 66.0 Å². The highest BCUT2D eigenvalue weighted by atomic mass is 32.2. The van der Waals surface area contributed by atoms with Crippen molar-refractivity contribution < 1.29 is 17.6 Å². The Hall–Kier alpha value is -3.44. The zero-order chi connectivity index (χ0) is 19.6. The van der Waals surface area contributed by atoms with Gasteiger partial charge in [0.2, 0.25) is 0 Å². The van der Waals surface area contributed by atoms with Crippen molar-refractivity contribution in [1.82, 2.24) is 15.2 Å². The van der Waals surface area contributed by atoms with E-state index < -0.39 is 15.9 Å². The molecule has 0 fully saturated rings. The van der Waals surface area contributed by atoms with Gasteiger partial charge in [0.1, 0.15) is 5.69 Å². The molecule has 0 aliphatic heterocycles. The number of rotatable bonds is 6. The number of nitrogens with one attached hydrogen (secondary N) is 3. The van der Waals surface area contributed by atoms with Gasteiger partial charge in [0, 0.05) is 23.3 Å². The minimum absolute atomic E-state index is 0.0561. The number of sulfonamides is 1. The number of hydrogen-bond acceptors (Lipinski definition) is 7. The second kappa shape index (κ2) is 7.29. The molecule has 4 aromatic rings. The van der Waals surface area contributed by atoms with Crippen LogP contribution >= 0.6 is 11.3 Å². The molecule has 0 aliphatic rings. The number of H-pyrrole nitrogens is 1. The first kappa shape index (κ1) is 17.9. The van der Waals surface area contributed by atoms with Crippen molar-refractivity contribution in [2.75, 3.05) is 10.0 Å². The average molecular weight is 415 g/mol. The highest BCUT2D eigenvalue weighted by Crippen LogP contribution is 2.21. The molecule has 0 saturated heterocycles. The van der Waals surface area contributed by atoms with E-state index in [9.17, 15) is 13.2 Å². The number of nitrogens with zero attached hydrogens (tertiary/aromatic N) is 2. The summed E-state index contributed by atoms with van der Waals surface area (Å²) in [5.74, 6) is 0.124. The van der Waals surface area contributed by atoms with Crippen LogP contribution in [-0.4, -0.2) is 29.5 Å². The highest BCUT2D eigenvalue weighted by molar-refractivity contribution is 7.93. The quantitative estimate of drug-likeness (QED) is 0.443. The minimum atomic E-state index is -3.74. The van der Waals surface area contributed by atoms with Crippen molar-refractivity contribution in [2.45, 2.75) is 4.90 Å². The van der Waals surface area contributed by atoms with Crippen LogP contribution in [-0.2, 0) is 10.0 Å². The Labute approximate surface area is 163 Å². The van der Waals surface area contributed by atoms with Crippen LogP contribution in [0.5, 0.6) is 0 Å². The first-order valence-corrected chi connectivity index (χ1v) is 10.3. The van der Waals surface area contributed by atoms with Crippen molar-refractivity contribution in [2.24, 2.45) is 0 Å². The highest BCUT2D eigenvalue weighted by Gasteiger charge is 2.16. The Bertz CT molecular complexity index is 1180. The van der Waals surface area contributed by atoms with Crippen molar-refractivity contribution in [3.8, 4) is 11.5 Å². The van der Waals surface area contributed by atoms with Crippen molar-refractivity contribution >= 4 is 38.1 Å². The van der Waals surface area contributed by atoms with Crippen LogP contribution in [0.3, 0.4) is 0 Å². The number of amides is 1. The largest absolute Gasteiger partial charge is 0.463 e. The van der Waals surface area contributed by atoms with E-state index in [1.165, 1.54) is 48.1 Å². The van der Waals surface area contributed by atoms with E-state index >= 15 is 0 Å². The number of carbonyl (C=O) groups excluding carboxylic acids is 1. The van der Waals surface area contributed by atoms with Crippen LogP contribution in [0.4, 0.5) is 10.8 Å². The molecule has 0 radical (unpaired) electrons. The molecule has 0 atom stereocenters. The van der Waals surface area contributed by atoms with Gasteiger partial charge in [-0.25, -0.2) is 13.4 Å². The lowest BCUT2D eigenvalue weighted by Gasteiger charge is -2.07. The first-order chi connectivity index (χ1) is 13.5. The Balaban J connectivity index is 1.45. The Morgan fingerprint density at radius 2 is 2.00 bits per heavy atom. The maximum Gasteiger partial charge on any atom is 0.276 e. The molecule has 3 N–H and O–H groups in total. The number of carbonyl (C=O) groups is 1. The summed E-state index contributed by atoms with van der Waals surface area (Å²) >= 11 is 1.18. The molecule has 9 nitrogen and oxygen atoms in total. The summed E-state index contributed by atoms with van der Waals surface area (Å²) in [5.41, 5.74) is 1.18.